The molecule has 2 amide bonds. The summed E-state index contributed by atoms with van der Waals surface area (Å²) in [5.41, 5.74) is 1.35. The summed E-state index contributed by atoms with van der Waals surface area (Å²) in [6.45, 7) is 4.25. The van der Waals surface area contributed by atoms with Gasteiger partial charge in [-0.3, -0.25) is 9.59 Å². The van der Waals surface area contributed by atoms with Crippen LogP contribution in [0.3, 0.4) is 0 Å². The van der Waals surface area contributed by atoms with E-state index in [2.05, 4.69) is 13.8 Å². The maximum absolute atomic E-state index is 12.6. The summed E-state index contributed by atoms with van der Waals surface area (Å²) >= 11 is 1.57. The van der Waals surface area contributed by atoms with Gasteiger partial charge in [0.1, 0.15) is 5.75 Å². The van der Waals surface area contributed by atoms with Crippen LogP contribution in [0.5, 0.6) is 5.75 Å². The van der Waals surface area contributed by atoms with Crippen LogP contribution in [0.2, 0.25) is 0 Å². The average Bonchev–Trinajstić information content (AvgIpc) is 3.29. The third-order valence-corrected chi connectivity index (χ3v) is 6.42. The highest BCUT2D eigenvalue weighted by Crippen LogP contribution is 2.23. The molecule has 7 nitrogen and oxygen atoms in total. The second-order valence-corrected chi connectivity index (χ2v) is 8.98. The Labute approximate surface area is 192 Å². The van der Waals surface area contributed by atoms with Gasteiger partial charge in [-0.1, -0.05) is 0 Å². The highest BCUT2D eigenvalue weighted by molar-refractivity contribution is 7.07. The molecule has 2 unspecified atom stereocenters. The molecule has 0 bridgehead atoms. The van der Waals surface area contributed by atoms with Crippen LogP contribution < -0.4 is 4.74 Å². The van der Waals surface area contributed by atoms with Crippen LogP contribution in [0.1, 0.15) is 49.0 Å². The van der Waals surface area contributed by atoms with Gasteiger partial charge in [0.2, 0.25) is 0 Å². The smallest absolute Gasteiger partial charge is 0.338 e. The van der Waals surface area contributed by atoms with E-state index in [0.717, 1.165) is 24.8 Å². The molecule has 0 saturated carbocycles. The summed E-state index contributed by atoms with van der Waals surface area (Å²) in [7, 11) is 1.67. The number of likely N-dealkylation sites (N-methyl/N-ethyl adjacent to an activating group) is 1. The Morgan fingerprint density at radius 1 is 1.06 bits per heavy atom. The van der Waals surface area contributed by atoms with Crippen LogP contribution in [-0.2, 0) is 20.9 Å². The molecule has 1 fully saturated rings. The summed E-state index contributed by atoms with van der Waals surface area (Å²) in [6, 6.07) is 8.76. The molecule has 0 radical (unpaired) electrons. The Morgan fingerprint density at radius 2 is 1.75 bits per heavy atom. The lowest BCUT2D eigenvalue weighted by Crippen LogP contribution is -2.49. The highest BCUT2D eigenvalue weighted by Gasteiger charge is 2.29. The van der Waals surface area contributed by atoms with Gasteiger partial charge in [0.15, 0.2) is 13.2 Å². The minimum absolute atomic E-state index is 0.0294. The molecule has 1 aromatic carbocycles. The van der Waals surface area contributed by atoms with E-state index in [-0.39, 0.29) is 37.1 Å². The Hall–Kier alpha value is -2.87. The number of nitrogens with zero attached hydrogens (tertiary/aromatic N) is 2. The first-order chi connectivity index (χ1) is 15.3. The second-order valence-electron chi connectivity index (χ2n) is 8.20. The number of amides is 2. The number of likely N-dealkylation sites (tertiary alicyclic amines) is 1. The topological polar surface area (TPSA) is 76.1 Å². The number of piperidine rings is 1. The number of carbonyl (C=O) groups excluding carboxylic acids is 3. The molecule has 1 aliphatic rings. The molecule has 1 aromatic heterocycles. The number of hydrogen-bond acceptors (Lipinski definition) is 6. The standard InChI is InChI=1S/C24H30N2O5S/c1-17-5-4-6-18(2)26(17)23(28)15-30-21-9-7-20(8-10-21)24(29)31-14-22(27)25(3)13-19-11-12-32-16-19/h7-12,16-18H,4-6,13-15H2,1-3H3. The van der Waals surface area contributed by atoms with Gasteiger partial charge in [-0.2, -0.15) is 11.3 Å². The van der Waals surface area contributed by atoms with E-state index >= 15 is 0 Å². The molecule has 2 heterocycles. The van der Waals surface area contributed by atoms with Crippen molar-refractivity contribution in [3.05, 3.63) is 52.2 Å². The fourth-order valence-corrected chi connectivity index (χ4v) is 4.55. The predicted molar refractivity (Wildman–Crippen MR) is 123 cm³/mol. The third-order valence-electron chi connectivity index (χ3n) is 5.69. The molecule has 1 aliphatic heterocycles. The molecular formula is C24H30N2O5S. The van der Waals surface area contributed by atoms with Crippen LogP contribution in [0.25, 0.3) is 0 Å². The molecule has 3 rings (SSSR count). The molecular weight excluding hydrogens is 428 g/mol. The van der Waals surface area contributed by atoms with Crippen molar-refractivity contribution in [3.8, 4) is 5.75 Å². The number of carbonyl (C=O) groups is 3. The first-order valence-electron chi connectivity index (χ1n) is 10.8. The number of rotatable bonds is 8. The van der Waals surface area contributed by atoms with Gasteiger partial charge in [0, 0.05) is 25.7 Å². The number of ether oxygens (including phenoxy) is 2. The van der Waals surface area contributed by atoms with Crippen molar-refractivity contribution in [2.24, 2.45) is 0 Å². The van der Waals surface area contributed by atoms with Crippen LogP contribution in [0.4, 0.5) is 0 Å². The highest BCUT2D eigenvalue weighted by atomic mass is 32.1. The Kier molecular flexibility index (Phi) is 8.27. The lowest BCUT2D eigenvalue weighted by Gasteiger charge is -2.38. The maximum Gasteiger partial charge on any atom is 0.338 e. The van der Waals surface area contributed by atoms with Gasteiger partial charge in [0.25, 0.3) is 11.8 Å². The van der Waals surface area contributed by atoms with Crippen molar-refractivity contribution in [2.75, 3.05) is 20.3 Å². The first kappa shape index (κ1) is 23.8. The molecule has 8 heteroatoms. The Bertz CT molecular complexity index is 903. The van der Waals surface area contributed by atoms with Crippen LogP contribution in [0.15, 0.2) is 41.1 Å². The van der Waals surface area contributed by atoms with Crippen molar-refractivity contribution in [2.45, 2.75) is 51.7 Å². The van der Waals surface area contributed by atoms with Crippen LogP contribution in [0, 0.1) is 0 Å². The molecule has 2 aromatic rings. The number of hydrogen-bond donors (Lipinski definition) is 0. The minimum Gasteiger partial charge on any atom is -0.484 e. The normalized spacial score (nSPS) is 18.2. The Balaban J connectivity index is 1.44. The van der Waals surface area contributed by atoms with Gasteiger partial charge < -0.3 is 19.3 Å². The summed E-state index contributed by atoms with van der Waals surface area (Å²) in [4.78, 5) is 40.4. The molecule has 2 atom stereocenters. The van der Waals surface area contributed by atoms with Gasteiger partial charge in [-0.15, -0.1) is 0 Å². The van der Waals surface area contributed by atoms with E-state index in [1.54, 1.807) is 42.6 Å². The maximum atomic E-state index is 12.6. The molecule has 0 N–H and O–H groups in total. The van der Waals surface area contributed by atoms with E-state index in [9.17, 15) is 14.4 Å². The quantitative estimate of drug-likeness (QED) is 0.564. The number of esters is 1. The van der Waals surface area contributed by atoms with E-state index in [0.29, 0.717) is 17.9 Å². The van der Waals surface area contributed by atoms with Gasteiger partial charge in [-0.25, -0.2) is 4.79 Å². The van der Waals surface area contributed by atoms with Crippen molar-refractivity contribution in [1.82, 2.24) is 9.80 Å². The zero-order valence-electron chi connectivity index (χ0n) is 18.8. The monoisotopic (exact) mass is 458 g/mol. The van der Waals surface area contributed by atoms with Crippen molar-refractivity contribution in [3.63, 3.8) is 0 Å². The second kappa shape index (κ2) is 11.1. The van der Waals surface area contributed by atoms with E-state index in [1.165, 1.54) is 4.90 Å². The van der Waals surface area contributed by atoms with E-state index in [4.69, 9.17) is 9.47 Å². The fourth-order valence-electron chi connectivity index (χ4n) is 3.89. The summed E-state index contributed by atoms with van der Waals surface area (Å²) in [6.07, 6.45) is 3.17. The molecule has 32 heavy (non-hydrogen) atoms. The average molecular weight is 459 g/mol. The lowest BCUT2D eigenvalue weighted by molar-refractivity contribution is -0.139. The third kappa shape index (κ3) is 6.32. The van der Waals surface area contributed by atoms with Gasteiger partial charge >= 0.3 is 5.97 Å². The van der Waals surface area contributed by atoms with Crippen molar-refractivity contribution in [1.29, 1.82) is 0 Å². The molecule has 0 aliphatic carbocycles. The van der Waals surface area contributed by atoms with E-state index in [1.807, 2.05) is 21.7 Å². The van der Waals surface area contributed by atoms with Crippen LogP contribution >= 0.6 is 11.3 Å². The van der Waals surface area contributed by atoms with Crippen molar-refractivity contribution >= 4 is 29.1 Å². The largest absolute Gasteiger partial charge is 0.484 e. The Morgan fingerprint density at radius 3 is 2.38 bits per heavy atom. The molecule has 1 saturated heterocycles. The summed E-state index contributed by atoms with van der Waals surface area (Å²) < 4.78 is 10.8. The minimum atomic E-state index is -0.583. The van der Waals surface area contributed by atoms with E-state index < -0.39 is 5.97 Å². The zero-order chi connectivity index (χ0) is 23.1. The summed E-state index contributed by atoms with van der Waals surface area (Å²) in [5, 5.41) is 3.92. The molecule has 0 spiro atoms. The summed E-state index contributed by atoms with van der Waals surface area (Å²) in [5.74, 6) is -0.387. The zero-order valence-corrected chi connectivity index (χ0v) is 19.6. The lowest BCUT2D eigenvalue weighted by atomic mass is 9.97. The number of thiophene rings is 1. The van der Waals surface area contributed by atoms with Crippen molar-refractivity contribution < 1.29 is 23.9 Å². The predicted octanol–water partition coefficient (Wildman–Crippen LogP) is 3.73. The van der Waals surface area contributed by atoms with Gasteiger partial charge in [0.05, 0.1) is 5.56 Å². The SMILES string of the molecule is CC1CCCC(C)N1C(=O)COc1ccc(C(=O)OCC(=O)N(C)Cc2ccsc2)cc1. The number of benzene rings is 1. The molecule has 172 valence electrons. The first-order valence-corrected chi connectivity index (χ1v) is 11.8. The fraction of sp³-hybridized carbons (Fsp3) is 0.458. The van der Waals surface area contributed by atoms with Crippen LogP contribution in [-0.4, -0.2) is 59.9 Å². The van der Waals surface area contributed by atoms with Gasteiger partial charge in [-0.05, 0) is 79.8 Å².